The number of benzene rings is 2. The van der Waals surface area contributed by atoms with Crippen LogP contribution in [-0.2, 0) is 0 Å². The third-order valence-corrected chi connectivity index (χ3v) is 3.35. The lowest BCUT2D eigenvalue weighted by Crippen LogP contribution is -2.12. The molecule has 2 rings (SSSR count). The zero-order chi connectivity index (χ0) is 16.3. The van der Waals surface area contributed by atoms with E-state index in [1.807, 2.05) is 0 Å². The minimum Gasteiger partial charge on any atom is -0.504 e. The Labute approximate surface area is 134 Å². The number of carboxylic acids is 1. The van der Waals surface area contributed by atoms with Crippen molar-refractivity contribution in [3.8, 4) is 11.5 Å². The first-order valence-electron chi connectivity index (χ1n) is 6.13. The Morgan fingerprint density at radius 3 is 2.36 bits per heavy atom. The van der Waals surface area contributed by atoms with Gasteiger partial charge in [-0.25, -0.2) is 4.79 Å². The lowest BCUT2D eigenvalue weighted by molar-refractivity contribution is 0.0696. The zero-order valence-electron chi connectivity index (χ0n) is 11.5. The van der Waals surface area contributed by atoms with Crippen molar-refractivity contribution in [1.29, 1.82) is 0 Å². The SMILES string of the molecule is COc1cc(Br)cc(C(=O)Nc2ccc(C(=O)O)cc2)c1O. The van der Waals surface area contributed by atoms with Gasteiger partial charge in [-0.05, 0) is 36.4 Å². The Morgan fingerprint density at radius 2 is 1.82 bits per heavy atom. The van der Waals surface area contributed by atoms with Crippen LogP contribution in [-0.4, -0.2) is 29.2 Å². The number of hydrogen-bond acceptors (Lipinski definition) is 4. The summed E-state index contributed by atoms with van der Waals surface area (Å²) < 4.78 is 5.56. The molecule has 7 heteroatoms. The van der Waals surface area contributed by atoms with Gasteiger partial charge in [0, 0.05) is 10.2 Å². The van der Waals surface area contributed by atoms with E-state index in [1.165, 1.54) is 43.5 Å². The summed E-state index contributed by atoms with van der Waals surface area (Å²) >= 11 is 3.23. The maximum absolute atomic E-state index is 12.2. The molecule has 2 aromatic rings. The molecule has 2 aromatic carbocycles. The van der Waals surface area contributed by atoms with Crippen molar-refractivity contribution < 1.29 is 24.5 Å². The van der Waals surface area contributed by atoms with Crippen LogP contribution in [0.5, 0.6) is 11.5 Å². The Balaban J connectivity index is 2.25. The molecule has 0 saturated heterocycles. The second-order valence-electron chi connectivity index (χ2n) is 4.34. The smallest absolute Gasteiger partial charge is 0.335 e. The number of carbonyl (C=O) groups is 2. The molecule has 22 heavy (non-hydrogen) atoms. The summed E-state index contributed by atoms with van der Waals surface area (Å²) in [6.07, 6.45) is 0. The number of aromatic carboxylic acids is 1. The van der Waals surface area contributed by atoms with Gasteiger partial charge >= 0.3 is 5.97 Å². The van der Waals surface area contributed by atoms with Crippen molar-refractivity contribution in [2.45, 2.75) is 0 Å². The van der Waals surface area contributed by atoms with Crippen molar-refractivity contribution in [2.24, 2.45) is 0 Å². The number of methoxy groups -OCH3 is 1. The van der Waals surface area contributed by atoms with E-state index < -0.39 is 11.9 Å². The molecule has 1 amide bonds. The standard InChI is InChI=1S/C15H12BrNO5/c1-22-12-7-9(16)6-11(13(12)18)14(19)17-10-4-2-8(3-5-10)15(20)21/h2-7,18H,1H3,(H,17,19)(H,20,21). The van der Waals surface area contributed by atoms with Crippen LogP contribution in [0.3, 0.4) is 0 Å². The van der Waals surface area contributed by atoms with Gasteiger partial charge in [0.05, 0.1) is 18.2 Å². The number of carboxylic acid groups (broad SMARTS) is 1. The van der Waals surface area contributed by atoms with Gasteiger partial charge < -0.3 is 20.3 Å². The predicted molar refractivity (Wildman–Crippen MR) is 83.7 cm³/mol. The molecular weight excluding hydrogens is 354 g/mol. The van der Waals surface area contributed by atoms with Crippen LogP contribution < -0.4 is 10.1 Å². The van der Waals surface area contributed by atoms with Crippen LogP contribution in [0.15, 0.2) is 40.9 Å². The quantitative estimate of drug-likeness (QED) is 0.773. The summed E-state index contributed by atoms with van der Waals surface area (Å²) in [4.78, 5) is 23.0. The summed E-state index contributed by atoms with van der Waals surface area (Å²) in [7, 11) is 1.38. The van der Waals surface area contributed by atoms with Gasteiger partial charge in [0.25, 0.3) is 5.91 Å². The lowest BCUT2D eigenvalue weighted by atomic mass is 10.1. The van der Waals surface area contributed by atoms with Crippen molar-refractivity contribution >= 4 is 33.5 Å². The van der Waals surface area contributed by atoms with Gasteiger partial charge in [0.15, 0.2) is 11.5 Å². The van der Waals surface area contributed by atoms with Gasteiger partial charge in [0.1, 0.15) is 0 Å². The average Bonchev–Trinajstić information content (AvgIpc) is 2.49. The molecule has 0 aromatic heterocycles. The van der Waals surface area contributed by atoms with E-state index in [0.717, 1.165) is 0 Å². The molecule has 0 atom stereocenters. The van der Waals surface area contributed by atoms with Gasteiger partial charge in [0.2, 0.25) is 0 Å². The molecule has 3 N–H and O–H groups in total. The maximum atomic E-state index is 12.2. The molecule has 0 heterocycles. The highest BCUT2D eigenvalue weighted by Gasteiger charge is 2.17. The first kappa shape index (κ1) is 15.8. The van der Waals surface area contributed by atoms with Gasteiger partial charge in [-0.2, -0.15) is 0 Å². The number of hydrogen-bond donors (Lipinski definition) is 3. The zero-order valence-corrected chi connectivity index (χ0v) is 13.0. The number of nitrogens with one attached hydrogen (secondary N) is 1. The van der Waals surface area contributed by atoms with Crippen LogP contribution in [0.2, 0.25) is 0 Å². The first-order valence-corrected chi connectivity index (χ1v) is 6.93. The van der Waals surface area contributed by atoms with Gasteiger partial charge in [-0.3, -0.25) is 4.79 Å². The number of anilines is 1. The minimum absolute atomic E-state index is 0.0357. The van der Waals surface area contributed by atoms with E-state index in [-0.39, 0.29) is 22.6 Å². The van der Waals surface area contributed by atoms with Crippen LogP contribution in [0.1, 0.15) is 20.7 Å². The summed E-state index contributed by atoms with van der Waals surface area (Å²) in [5.74, 6) is -1.70. The number of amides is 1. The molecule has 0 bridgehead atoms. The number of ether oxygens (including phenoxy) is 1. The van der Waals surface area contributed by atoms with E-state index >= 15 is 0 Å². The predicted octanol–water partition coefficient (Wildman–Crippen LogP) is 3.11. The van der Waals surface area contributed by atoms with Crippen LogP contribution in [0.25, 0.3) is 0 Å². The number of phenolic OH excluding ortho intramolecular Hbond substituents is 1. The molecule has 0 radical (unpaired) electrons. The Morgan fingerprint density at radius 1 is 1.18 bits per heavy atom. The Hall–Kier alpha value is -2.54. The lowest BCUT2D eigenvalue weighted by Gasteiger charge is -2.10. The highest BCUT2D eigenvalue weighted by Crippen LogP contribution is 2.33. The van der Waals surface area contributed by atoms with E-state index in [1.54, 1.807) is 0 Å². The molecule has 114 valence electrons. The van der Waals surface area contributed by atoms with Crippen molar-refractivity contribution in [1.82, 2.24) is 0 Å². The fourth-order valence-corrected chi connectivity index (χ4v) is 2.23. The fourth-order valence-electron chi connectivity index (χ4n) is 1.80. The number of rotatable bonds is 4. The minimum atomic E-state index is -1.05. The van der Waals surface area contributed by atoms with E-state index in [0.29, 0.717) is 10.2 Å². The maximum Gasteiger partial charge on any atom is 0.335 e. The molecule has 0 fully saturated rings. The van der Waals surface area contributed by atoms with Crippen molar-refractivity contribution in [3.63, 3.8) is 0 Å². The van der Waals surface area contributed by atoms with Crippen LogP contribution in [0, 0.1) is 0 Å². The molecule has 0 aliphatic rings. The monoisotopic (exact) mass is 365 g/mol. The highest BCUT2D eigenvalue weighted by molar-refractivity contribution is 9.10. The first-order chi connectivity index (χ1) is 10.4. The molecule has 0 spiro atoms. The third-order valence-electron chi connectivity index (χ3n) is 2.89. The molecule has 0 saturated carbocycles. The summed E-state index contributed by atoms with van der Waals surface area (Å²) in [5, 5.41) is 21.4. The summed E-state index contributed by atoms with van der Waals surface area (Å²) in [6.45, 7) is 0. The number of carbonyl (C=O) groups excluding carboxylic acids is 1. The molecule has 0 aliphatic heterocycles. The van der Waals surface area contributed by atoms with Crippen LogP contribution in [0.4, 0.5) is 5.69 Å². The average molecular weight is 366 g/mol. The summed E-state index contributed by atoms with van der Waals surface area (Å²) in [6, 6.07) is 8.67. The Bertz CT molecular complexity index is 727. The van der Waals surface area contributed by atoms with E-state index in [2.05, 4.69) is 21.2 Å². The van der Waals surface area contributed by atoms with E-state index in [4.69, 9.17) is 9.84 Å². The molecule has 6 nitrogen and oxygen atoms in total. The van der Waals surface area contributed by atoms with Gasteiger partial charge in [-0.1, -0.05) is 15.9 Å². The normalized spacial score (nSPS) is 10.1. The van der Waals surface area contributed by atoms with Crippen LogP contribution >= 0.6 is 15.9 Å². The second-order valence-corrected chi connectivity index (χ2v) is 5.26. The van der Waals surface area contributed by atoms with Gasteiger partial charge in [-0.15, -0.1) is 0 Å². The van der Waals surface area contributed by atoms with E-state index in [9.17, 15) is 14.7 Å². The molecular formula is C15H12BrNO5. The van der Waals surface area contributed by atoms with Crippen molar-refractivity contribution in [2.75, 3.05) is 12.4 Å². The number of aromatic hydroxyl groups is 1. The summed E-state index contributed by atoms with van der Waals surface area (Å²) in [5.41, 5.74) is 0.562. The topological polar surface area (TPSA) is 95.9 Å². The largest absolute Gasteiger partial charge is 0.504 e. The number of phenols is 1. The van der Waals surface area contributed by atoms with Crippen molar-refractivity contribution in [3.05, 3.63) is 52.0 Å². The Kier molecular flexibility index (Phi) is 4.67. The molecule has 0 aliphatic carbocycles. The number of halogens is 1. The second kappa shape index (κ2) is 6.48. The molecule has 0 unspecified atom stereocenters. The fraction of sp³-hybridized carbons (Fsp3) is 0.0667. The third kappa shape index (κ3) is 3.37. The highest BCUT2D eigenvalue weighted by atomic mass is 79.9.